The van der Waals surface area contributed by atoms with Crippen LogP contribution in [-0.2, 0) is 13.1 Å². The van der Waals surface area contributed by atoms with Crippen LogP contribution in [0, 0.1) is 0 Å². The summed E-state index contributed by atoms with van der Waals surface area (Å²) in [4.78, 5) is 2.56. The highest BCUT2D eigenvalue weighted by molar-refractivity contribution is 4.91. The van der Waals surface area contributed by atoms with Gasteiger partial charge in [0.05, 0.1) is 18.8 Å². The maximum Gasteiger partial charge on any atom is 0.0964 e. The third kappa shape index (κ3) is 5.26. The summed E-state index contributed by atoms with van der Waals surface area (Å²) in [5.41, 5.74) is 0.937. The monoisotopic (exact) mass is 267 g/mol. The van der Waals surface area contributed by atoms with Crippen molar-refractivity contribution in [3.63, 3.8) is 0 Å². The zero-order chi connectivity index (χ0) is 13.3. The van der Waals surface area contributed by atoms with Crippen molar-refractivity contribution in [2.45, 2.75) is 38.8 Å². The molecule has 0 saturated carbocycles. The second-order valence-electron chi connectivity index (χ2n) is 5.13. The van der Waals surface area contributed by atoms with Gasteiger partial charge in [0.25, 0.3) is 0 Å². The first-order valence-electron chi connectivity index (χ1n) is 7.31. The van der Waals surface area contributed by atoms with Gasteiger partial charge < -0.3 is 15.3 Å². The maximum absolute atomic E-state index is 8.79. The molecular weight excluding hydrogens is 242 g/mol. The van der Waals surface area contributed by atoms with Crippen LogP contribution in [0.3, 0.4) is 0 Å². The van der Waals surface area contributed by atoms with E-state index in [-0.39, 0.29) is 6.61 Å². The zero-order valence-electron chi connectivity index (χ0n) is 11.6. The summed E-state index contributed by atoms with van der Waals surface area (Å²) in [5.74, 6) is 0. The van der Waals surface area contributed by atoms with Crippen molar-refractivity contribution >= 4 is 0 Å². The Morgan fingerprint density at radius 2 is 2.05 bits per heavy atom. The molecule has 2 N–H and O–H groups in total. The Morgan fingerprint density at radius 1 is 1.21 bits per heavy atom. The fraction of sp³-hybridized carbons (Fsp3) is 0.846. The van der Waals surface area contributed by atoms with Gasteiger partial charge in [0.2, 0.25) is 0 Å². The van der Waals surface area contributed by atoms with Crippen molar-refractivity contribution in [1.82, 2.24) is 25.2 Å². The second-order valence-corrected chi connectivity index (χ2v) is 5.13. The van der Waals surface area contributed by atoms with E-state index in [0.717, 1.165) is 18.8 Å². The molecule has 1 saturated heterocycles. The summed E-state index contributed by atoms with van der Waals surface area (Å²) in [6, 6.07) is 0. The van der Waals surface area contributed by atoms with Gasteiger partial charge in [0.1, 0.15) is 0 Å². The highest BCUT2D eigenvalue weighted by atomic mass is 16.3. The number of likely N-dealkylation sites (tertiary alicyclic amines) is 1. The maximum atomic E-state index is 8.79. The molecule has 1 aromatic rings. The largest absolute Gasteiger partial charge is 0.394 e. The lowest BCUT2D eigenvalue weighted by Gasteiger charge is -2.26. The van der Waals surface area contributed by atoms with Crippen molar-refractivity contribution in [2.24, 2.45) is 0 Å². The average Bonchev–Trinajstić information content (AvgIpc) is 2.88. The zero-order valence-corrected chi connectivity index (χ0v) is 11.6. The molecule has 1 aliphatic rings. The van der Waals surface area contributed by atoms with Crippen LogP contribution in [-0.4, -0.2) is 57.8 Å². The lowest BCUT2D eigenvalue weighted by Crippen LogP contribution is -2.32. The molecule has 19 heavy (non-hydrogen) atoms. The van der Waals surface area contributed by atoms with Gasteiger partial charge >= 0.3 is 0 Å². The molecule has 6 heteroatoms. The first-order valence-corrected chi connectivity index (χ1v) is 7.31. The Bertz CT molecular complexity index is 349. The fourth-order valence-corrected chi connectivity index (χ4v) is 2.46. The van der Waals surface area contributed by atoms with Crippen LogP contribution < -0.4 is 5.32 Å². The van der Waals surface area contributed by atoms with Crippen molar-refractivity contribution < 1.29 is 5.11 Å². The van der Waals surface area contributed by atoms with Gasteiger partial charge in [-0.1, -0.05) is 11.6 Å². The molecule has 2 rings (SSSR count). The number of hydrogen-bond acceptors (Lipinski definition) is 5. The Balaban J connectivity index is 1.53. The molecule has 108 valence electrons. The minimum Gasteiger partial charge on any atom is -0.394 e. The summed E-state index contributed by atoms with van der Waals surface area (Å²) in [5, 5.41) is 20.2. The van der Waals surface area contributed by atoms with E-state index in [2.05, 4.69) is 20.5 Å². The van der Waals surface area contributed by atoms with Gasteiger partial charge in [0, 0.05) is 12.7 Å². The van der Waals surface area contributed by atoms with E-state index in [1.165, 1.54) is 45.3 Å². The number of aliphatic hydroxyl groups is 1. The summed E-state index contributed by atoms with van der Waals surface area (Å²) in [7, 11) is 0. The summed E-state index contributed by atoms with van der Waals surface area (Å²) < 4.78 is 1.67. The standard InChI is InChI=1S/C13H25N5O/c19-10-9-18-12-13(15-16-18)11-14-5-4-8-17-6-2-1-3-7-17/h12,14,19H,1-11H2. The molecule has 2 heterocycles. The van der Waals surface area contributed by atoms with Gasteiger partial charge in [0.15, 0.2) is 0 Å². The molecule has 0 unspecified atom stereocenters. The minimum absolute atomic E-state index is 0.103. The fourth-order valence-electron chi connectivity index (χ4n) is 2.46. The van der Waals surface area contributed by atoms with E-state index in [0.29, 0.717) is 6.54 Å². The van der Waals surface area contributed by atoms with Crippen molar-refractivity contribution in [1.29, 1.82) is 0 Å². The molecule has 1 aliphatic heterocycles. The van der Waals surface area contributed by atoms with E-state index in [4.69, 9.17) is 5.11 Å². The van der Waals surface area contributed by atoms with Crippen LogP contribution in [0.5, 0.6) is 0 Å². The normalized spacial score (nSPS) is 16.9. The van der Waals surface area contributed by atoms with E-state index in [9.17, 15) is 0 Å². The SMILES string of the molecule is OCCn1cc(CNCCCN2CCCCC2)nn1. The van der Waals surface area contributed by atoms with Crippen LogP contribution in [0.15, 0.2) is 6.20 Å². The summed E-state index contributed by atoms with van der Waals surface area (Å²) in [6.45, 7) is 6.14. The van der Waals surface area contributed by atoms with Gasteiger partial charge in [-0.3, -0.25) is 0 Å². The average molecular weight is 267 g/mol. The van der Waals surface area contributed by atoms with Crippen LogP contribution in [0.2, 0.25) is 0 Å². The first-order chi connectivity index (χ1) is 9.38. The van der Waals surface area contributed by atoms with Gasteiger partial charge in [-0.2, -0.15) is 0 Å². The first kappa shape index (κ1) is 14.4. The quantitative estimate of drug-likeness (QED) is 0.660. The number of aliphatic hydroxyl groups excluding tert-OH is 1. The molecule has 0 atom stereocenters. The molecule has 1 aromatic heterocycles. The van der Waals surface area contributed by atoms with Crippen molar-refractivity contribution in [3.8, 4) is 0 Å². The highest BCUT2D eigenvalue weighted by Crippen LogP contribution is 2.08. The van der Waals surface area contributed by atoms with Crippen LogP contribution in [0.1, 0.15) is 31.4 Å². The third-order valence-corrected chi connectivity index (χ3v) is 3.50. The number of nitrogens with one attached hydrogen (secondary N) is 1. The molecule has 0 amide bonds. The van der Waals surface area contributed by atoms with Crippen molar-refractivity contribution in [2.75, 3.05) is 32.8 Å². The molecule has 0 bridgehead atoms. The Labute approximate surface area is 114 Å². The predicted molar refractivity (Wildman–Crippen MR) is 73.7 cm³/mol. The number of aromatic nitrogens is 3. The molecular formula is C13H25N5O. The van der Waals surface area contributed by atoms with E-state index < -0.39 is 0 Å². The van der Waals surface area contributed by atoms with Gasteiger partial charge in [-0.05, 0) is 45.4 Å². The predicted octanol–water partition coefficient (Wildman–Crippen LogP) is 0.236. The smallest absolute Gasteiger partial charge is 0.0964 e. The van der Waals surface area contributed by atoms with E-state index >= 15 is 0 Å². The van der Waals surface area contributed by atoms with E-state index in [1.807, 2.05) is 6.20 Å². The number of piperidine rings is 1. The second kappa shape index (κ2) is 8.24. The number of rotatable bonds is 8. The summed E-state index contributed by atoms with van der Waals surface area (Å²) >= 11 is 0. The highest BCUT2D eigenvalue weighted by Gasteiger charge is 2.08. The van der Waals surface area contributed by atoms with Gasteiger partial charge in [-0.25, -0.2) is 4.68 Å². The Morgan fingerprint density at radius 3 is 2.84 bits per heavy atom. The minimum atomic E-state index is 0.103. The summed E-state index contributed by atoms with van der Waals surface area (Å²) in [6.07, 6.45) is 7.19. The molecule has 0 radical (unpaired) electrons. The van der Waals surface area contributed by atoms with Crippen LogP contribution in [0.25, 0.3) is 0 Å². The molecule has 6 nitrogen and oxygen atoms in total. The Hall–Kier alpha value is -0.980. The van der Waals surface area contributed by atoms with Gasteiger partial charge in [-0.15, -0.1) is 5.10 Å². The Kier molecular flexibility index (Phi) is 6.26. The number of hydrogen-bond donors (Lipinski definition) is 2. The van der Waals surface area contributed by atoms with Crippen LogP contribution >= 0.6 is 0 Å². The topological polar surface area (TPSA) is 66.2 Å². The molecule has 0 spiro atoms. The molecule has 0 aromatic carbocycles. The van der Waals surface area contributed by atoms with Crippen LogP contribution in [0.4, 0.5) is 0 Å². The third-order valence-electron chi connectivity index (χ3n) is 3.50. The van der Waals surface area contributed by atoms with Crippen molar-refractivity contribution in [3.05, 3.63) is 11.9 Å². The lowest BCUT2D eigenvalue weighted by atomic mass is 10.1. The lowest BCUT2D eigenvalue weighted by molar-refractivity contribution is 0.225. The molecule has 1 fully saturated rings. The number of nitrogens with zero attached hydrogens (tertiary/aromatic N) is 4. The molecule has 0 aliphatic carbocycles. The van der Waals surface area contributed by atoms with E-state index in [1.54, 1.807) is 4.68 Å².